The molecule has 7 nitrogen and oxygen atoms in total. The first-order valence-electron chi connectivity index (χ1n) is 8.99. The maximum atomic E-state index is 5.57. The summed E-state index contributed by atoms with van der Waals surface area (Å²) in [6, 6.07) is 0. The maximum Gasteiger partial charge on any atom is 0.228 e. The Morgan fingerprint density at radius 1 is 1.32 bits per heavy atom. The molecule has 0 aromatic carbocycles. The monoisotopic (exact) mass is 465 g/mol. The van der Waals surface area contributed by atoms with Crippen LogP contribution in [0.2, 0.25) is 0 Å². The average molecular weight is 465 g/mol. The molecule has 2 rings (SSSR count). The maximum absolute atomic E-state index is 5.57. The van der Waals surface area contributed by atoms with Crippen LogP contribution in [-0.2, 0) is 11.2 Å². The smallest absolute Gasteiger partial charge is 0.228 e. The first-order chi connectivity index (χ1) is 11.7. The van der Waals surface area contributed by atoms with Crippen LogP contribution in [0.5, 0.6) is 0 Å². The number of aromatic nitrogens is 2. The number of nitrogens with one attached hydrogen (secondary N) is 2. The zero-order valence-corrected chi connectivity index (χ0v) is 18.0. The third-order valence-electron chi connectivity index (χ3n) is 4.70. The molecule has 8 heteroatoms. The van der Waals surface area contributed by atoms with E-state index in [1.54, 1.807) is 7.05 Å². The van der Waals surface area contributed by atoms with Crippen LogP contribution in [0.4, 0.5) is 0 Å². The van der Waals surface area contributed by atoms with Crippen molar-refractivity contribution in [2.75, 3.05) is 33.4 Å². The van der Waals surface area contributed by atoms with Crippen LogP contribution >= 0.6 is 24.0 Å². The Bertz CT molecular complexity index is 515. The van der Waals surface area contributed by atoms with Crippen LogP contribution in [0, 0.1) is 12.3 Å². The highest BCUT2D eigenvalue weighted by Crippen LogP contribution is 2.40. The van der Waals surface area contributed by atoms with Crippen LogP contribution in [0.1, 0.15) is 50.7 Å². The van der Waals surface area contributed by atoms with Crippen LogP contribution in [0.25, 0.3) is 0 Å². The predicted octanol–water partition coefficient (Wildman–Crippen LogP) is 2.69. The fourth-order valence-electron chi connectivity index (χ4n) is 3.29. The number of rotatable bonds is 9. The average Bonchev–Trinajstić information content (AvgIpc) is 3.21. The van der Waals surface area contributed by atoms with Gasteiger partial charge in [-0.15, -0.1) is 24.0 Å². The fourth-order valence-corrected chi connectivity index (χ4v) is 3.29. The van der Waals surface area contributed by atoms with E-state index in [4.69, 9.17) is 9.26 Å². The minimum absolute atomic E-state index is 0. The second-order valence-electron chi connectivity index (χ2n) is 6.49. The highest BCUT2D eigenvalue weighted by Gasteiger charge is 2.33. The van der Waals surface area contributed by atoms with Crippen LogP contribution in [-0.4, -0.2) is 49.5 Å². The lowest BCUT2D eigenvalue weighted by atomic mass is 9.83. The number of aryl methyl sites for hydroxylation is 1. The van der Waals surface area contributed by atoms with Gasteiger partial charge in [-0.05, 0) is 38.5 Å². The SMILES string of the molecule is CCOCCC1(CNC(=NC)NCCc2nc(C)no2)CCCC1.I. The van der Waals surface area contributed by atoms with E-state index in [2.05, 4.69) is 32.7 Å². The number of ether oxygens (including phenoxy) is 1. The summed E-state index contributed by atoms with van der Waals surface area (Å²) in [6.45, 7) is 7.18. The van der Waals surface area contributed by atoms with Gasteiger partial charge in [0.15, 0.2) is 11.8 Å². The minimum Gasteiger partial charge on any atom is -0.382 e. The van der Waals surface area contributed by atoms with Gasteiger partial charge in [0.1, 0.15) is 0 Å². The van der Waals surface area contributed by atoms with Gasteiger partial charge >= 0.3 is 0 Å². The van der Waals surface area contributed by atoms with E-state index in [1.807, 2.05) is 6.92 Å². The van der Waals surface area contributed by atoms with Gasteiger partial charge in [-0.2, -0.15) is 4.98 Å². The molecule has 1 heterocycles. The number of halogens is 1. The quantitative estimate of drug-likeness (QED) is 0.253. The molecule has 25 heavy (non-hydrogen) atoms. The Labute approximate surface area is 167 Å². The summed E-state index contributed by atoms with van der Waals surface area (Å²) in [4.78, 5) is 8.51. The summed E-state index contributed by atoms with van der Waals surface area (Å²) in [5.74, 6) is 2.15. The van der Waals surface area contributed by atoms with Gasteiger partial charge in [0.25, 0.3) is 0 Å². The number of guanidine groups is 1. The standard InChI is InChI=1S/C17H31N5O2.HI/c1-4-23-12-10-17(8-5-6-9-17)13-20-16(18-3)19-11-7-15-21-14(2)22-24-15;/h4-13H2,1-3H3,(H2,18,19,20);1H. The van der Waals surface area contributed by atoms with Gasteiger partial charge < -0.3 is 19.9 Å². The zero-order chi connectivity index (χ0) is 17.3. The topological polar surface area (TPSA) is 84.6 Å². The van der Waals surface area contributed by atoms with E-state index in [-0.39, 0.29) is 24.0 Å². The van der Waals surface area contributed by atoms with E-state index >= 15 is 0 Å². The summed E-state index contributed by atoms with van der Waals surface area (Å²) >= 11 is 0. The lowest BCUT2D eigenvalue weighted by molar-refractivity contribution is 0.105. The van der Waals surface area contributed by atoms with Crippen molar-refractivity contribution in [3.8, 4) is 0 Å². The van der Waals surface area contributed by atoms with Crippen LogP contribution < -0.4 is 10.6 Å². The molecule has 0 spiro atoms. The molecule has 0 radical (unpaired) electrons. The third-order valence-corrected chi connectivity index (χ3v) is 4.70. The van der Waals surface area contributed by atoms with Crippen molar-refractivity contribution in [2.45, 2.75) is 52.4 Å². The van der Waals surface area contributed by atoms with Crippen molar-refractivity contribution in [3.05, 3.63) is 11.7 Å². The van der Waals surface area contributed by atoms with Crippen molar-refractivity contribution >= 4 is 29.9 Å². The largest absolute Gasteiger partial charge is 0.382 e. The highest BCUT2D eigenvalue weighted by molar-refractivity contribution is 14.0. The Morgan fingerprint density at radius 2 is 2.08 bits per heavy atom. The Balaban J connectivity index is 0.00000312. The molecule has 1 aromatic heterocycles. The molecule has 1 fully saturated rings. The third kappa shape index (κ3) is 7.47. The lowest BCUT2D eigenvalue weighted by Crippen LogP contribution is -2.44. The summed E-state index contributed by atoms with van der Waals surface area (Å²) in [6.07, 6.45) is 6.98. The Morgan fingerprint density at radius 3 is 2.68 bits per heavy atom. The summed E-state index contributed by atoms with van der Waals surface area (Å²) in [7, 11) is 1.80. The van der Waals surface area contributed by atoms with Crippen LogP contribution in [0.3, 0.4) is 0 Å². The normalized spacial score (nSPS) is 16.5. The molecule has 0 unspecified atom stereocenters. The van der Waals surface area contributed by atoms with Crippen molar-refractivity contribution in [1.82, 2.24) is 20.8 Å². The fraction of sp³-hybridized carbons (Fsp3) is 0.824. The molecule has 1 aliphatic carbocycles. The summed E-state index contributed by atoms with van der Waals surface area (Å²) < 4.78 is 10.7. The molecule has 1 aromatic rings. The van der Waals surface area contributed by atoms with E-state index in [1.165, 1.54) is 25.7 Å². The lowest BCUT2D eigenvalue weighted by Gasteiger charge is -2.30. The highest BCUT2D eigenvalue weighted by atomic mass is 127. The Kier molecular flexibility index (Phi) is 10.3. The van der Waals surface area contributed by atoms with E-state index in [9.17, 15) is 0 Å². The molecular weight excluding hydrogens is 433 g/mol. The molecule has 2 N–H and O–H groups in total. The van der Waals surface area contributed by atoms with Crippen LogP contribution in [0.15, 0.2) is 9.52 Å². The van der Waals surface area contributed by atoms with E-state index < -0.39 is 0 Å². The van der Waals surface area contributed by atoms with Gasteiger partial charge in [0.05, 0.1) is 0 Å². The van der Waals surface area contributed by atoms with Gasteiger partial charge in [-0.1, -0.05) is 18.0 Å². The van der Waals surface area contributed by atoms with Gasteiger partial charge in [-0.3, -0.25) is 4.99 Å². The molecular formula is C17H32IN5O2. The molecule has 1 saturated carbocycles. The molecule has 0 bridgehead atoms. The number of hydrogen-bond acceptors (Lipinski definition) is 5. The van der Waals surface area contributed by atoms with Gasteiger partial charge in [0.2, 0.25) is 5.89 Å². The molecule has 144 valence electrons. The molecule has 0 atom stereocenters. The van der Waals surface area contributed by atoms with Gasteiger partial charge in [0, 0.05) is 39.8 Å². The molecule has 1 aliphatic rings. The van der Waals surface area contributed by atoms with E-state index in [0.29, 0.717) is 30.1 Å². The first-order valence-corrected chi connectivity index (χ1v) is 8.99. The van der Waals surface area contributed by atoms with Crippen molar-refractivity contribution in [1.29, 1.82) is 0 Å². The van der Waals surface area contributed by atoms with Gasteiger partial charge in [-0.25, -0.2) is 0 Å². The zero-order valence-electron chi connectivity index (χ0n) is 15.6. The Hall–Kier alpha value is -0.900. The van der Waals surface area contributed by atoms with Crippen molar-refractivity contribution in [3.63, 3.8) is 0 Å². The molecule has 0 saturated heterocycles. The molecule has 0 aliphatic heterocycles. The number of aliphatic imine (C=N–C) groups is 1. The summed E-state index contributed by atoms with van der Waals surface area (Å²) in [5, 5.41) is 10.6. The molecule has 0 amide bonds. The first kappa shape index (κ1) is 22.1. The van der Waals surface area contributed by atoms with Crippen molar-refractivity contribution < 1.29 is 9.26 Å². The number of hydrogen-bond donors (Lipinski definition) is 2. The number of nitrogens with zero attached hydrogens (tertiary/aromatic N) is 3. The van der Waals surface area contributed by atoms with E-state index in [0.717, 1.165) is 32.1 Å². The predicted molar refractivity (Wildman–Crippen MR) is 110 cm³/mol. The second-order valence-corrected chi connectivity index (χ2v) is 6.49. The second kappa shape index (κ2) is 11.7. The summed E-state index contributed by atoms with van der Waals surface area (Å²) in [5.41, 5.74) is 0.344. The van der Waals surface area contributed by atoms with Crippen molar-refractivity contribution in [2.24, 2.45) is 10.4 Å². The minimum atomic E-state index is 0.